The summed E-state index contributed by atoms with van der Waals surface area (Å²) < 4.78 is 19.4. The Morgan fingerprint density at radius 1 is 1.32 bits per heavy atom. The Bertz CT molecular complexity index is 828. The highest BCUT2D eigenvalue weighted by Gasteiger charge is 2.35. The van der Waals surface area contributed by atoms with Crippen molar-refractivity contribution in [3.8, 4) is 5.75 Å². The molecule has 1 fully saturated rings. The number of hydrogen-bond donors (Lipinski definition) is 1. The molecule has 0 bridgehead atoms. The maximum absolute atomic E-state index is 13.7. The van der Waals surface area contributed by atoms with Gasteiger partial charge in [-0.3, -0.25) is 9.59 Å². The van der Waals surface area contributed by atoms with Crippen molar-refractivity contribution >= 4 is 39.1 Å². The number of carbonyl (C=O) groups excluding carboxylic acids is 2. The lowest BCUT2D eigenvalue weighted by Gasteiger charge is -2.17. The Morgan fingerprint density at radius 2 is 2.12 bits per heavy atom. The molecule has 0 spiro atoms. The molecule has 0 radical (unpaired) electrons. The lowest BCUT2D eigenvalue weighted by Crippen LogP contribution is -2.28. The summed E-state index contributed by atoms with van der Waals surface area (Å²) in [6.07, 6.45) is 0.122. The molecule has 0 aliphatic carbocycles. The van der Waals surface area contributed by atoms with Crippen molar-refractivity contribution in [2.24, 2.45) is 5.92 Å². The number of hydrogen-bond acceptors (Lipinski definition) is 3. The van der Waals surface area contributed by atoms with E-state index in [1.165, 1.54) is 19.2 Å². The number of amides is 2. The summed E-state index contributed by atoms with van der Waals surface area (Å²) in [6, 6.07) is 11.5. The fourth-order valence-electron chi connectivity index (χ4n) is 2.77. The third-order valence-electron chi connectivity index (χ3n) is 4.04. The first kappa shape index (κ1) is 17.4. The van der Waals surface area contributed by atoms with Gasteiger partial charge in [0.05, 0.1) is 13.0 Å². The molecule has 2 aromatic rings. The van der Waals surface area contributed by atoms with E-state index < -0.39 is 11.7 Å². The fourth-order valence-corrected chi connectivity index (χ4v) is 3.15. The normalized spacial score (nSPS) is 16.8. The van der Waals surface area contributed by atoms with Crippen molar-refractivity contribution in [2.75, 3.05) is 23.9 Å². The van der Waals surface area contributed by atoms with Crippen LogP contribution >= 0.6 is 15.9 Å². The van der Waals surface area contributed by atoms with Crippen LogP contribution in [0.4, 0.5) is 15.8 Å². The largest absolute Gasteiger partial charge is 0.494 e. The van der Waals surface area contributed by atoms with E-state index in [0.717, 1.165) is 10.2 Å². The summed E-state index contributed by atoms with van der Waals surface area (Å²) in [7, 11) is 1.37. The minimum absolute atomic E-state index is 0.106. The Hall–Kier alpha value is -2.41. The van der Waals surface area contributed by atoms with Gasteiger partial charge in [-0.25, -0.2) is 4.39 Å². The molecule has 25 heavy (non-hydrogen) atoms. The minimum atomic E-state index is -0.557. The van der Waals surface area contributed by atoms with Gasteiger partial charge in [-0.1, -0.05) is 22.0 Å². The number of methoxy groups -OCH3 is 1. The van der Waals surface area contributed by atoms with Crippen LogP contribution in [0.5, 0.6) is 5.75 Å². The van der Waals surface area contributed by atoms with Crippen LogP contribution in [0.15, 0.2) is 46.9 Å². The van der Waals surface area contributed by atoms with Crippen LogP contribution in [0, 0.1) is 11.7 Å². The minimum Gasteiger partial charge on any atom is -0.494 e. The molecule has 1 unspecified atom stereocenters. The maximum Gasteiger partial charge on any atom is 0.229 e. The molecule has 5 nitrogen and oxygen atoms in total. The SMILES string of the molecule is COc1ccc(NC(=O)C2CC(=O)N(c3cccc(Br)c3)C2)cc1F. The van der Waals surface area contributed by atoms with Gasteiger partial charge >= 0.3 is 0 Å². The lowest BCUT2D eigenvalue weighted by atomic mass is 10.1. The van der Waals surface area contributed by atoms with Gasteiger partial charge in [-0.15, -0.1) is 0 Å². The van der Waals surface area contributed by atoms with Crippen LogP contribution in [0.25, 0.3) is 0 Å². The van der Waals surface area contributed by atoms with Crippen molar-refractivity contribution in [1.82, 2.24) is 0 Å². The van der Waals surface area contributed by atoms with Gasteiger partial charge in [0.2, 0.25) is 11.8 Å². The second kappa shape index (κ2) is 7.23. The number of carbonyl (C=O) groups is 2. The van der Waals surface area contributed by atoms with Gasteiger partial charge in [0.25, 0.3) is 0 Å². The van der Waals surface area contributed by atoms with Crippen molar-refractivity contribution < 1.29 is 18.7 Å². The van der Waals surface area contributed by atoms with Gasteiger partial charge in [0.1, 0.15) is 0 Å². The molecule has 2 amide bonds. The van der Waals surface area contributed by atoms with E-state index in [1.807, 2.05) is 24.3 Å². The third-order valence-corrected chi connectivity index (χ3v) is 4.53. The Morgan fingerprint density at radius 3 is 2.80 bits per heavy atom. The molecule has 3 rings (SSSR count). The quantitative estimate of drug-likeness (QED) is 0.843. The van der Waals surface area contributed by atoms with Gasteiger partial charge in [0.15, 0.2) is 11.6 Å². The van der Waals surface area contributed by atoms with Crippen LogP contribution in [0.3, 0.4) is 0 Å². The van der Waals surface area contributed by atoms with E-state index in [2.05, 4.69) is 21.2 Å². The van der Waals surface area contributed by atoms with Crippen molar-refractivity contribution in [3.05, 3.63) is 52.8 Å². The summed E-state index contributed by atoms with van der Waals surface area (Å²) in [4.78, 5) is 26.2. The van der Waals surface area contributed by atoms with Gasteiger partial charge in [0, 0.05) is 34.9 Å². The van der Waals surface area contributed by atoms with E-state index in [-0.39, 0.29) is 24.0 Å². The van der Waals surface area contributed by atoms with Crippen LogP contribution < -0.4 is 15.0 Å². The second-order valence-corrected chi connectivity index (χ2v) is 6.64. The number of benzene rings is 2. The Kier molecular flexibility index (Phi) is 5.03. The number of halogens is 2. The maximum atomic E-state index is 13.7. The average molecular weight is 407 g/mol. The monoisotopic (exact) mass is 406 g/mol. The highest BCUT2D eigenvalue weighted by molar-refractivity contribution is 9.10. The third kappa shape index (κ3) is 3.82. The standard InChI is InChI=1S/C18H16BrFN2O3/c1-25-16-6-5-13(9-15(16)20)21-18(24)11-7-17(23)22(10-11)14-4-2-3-12(19)8-14/h2-6,8-9,11H,7,10H2,1H3,(H,21,24). The molecule has 1 N–H and O–H groups in total. The highest BCUT2D eigenvalue weighted by Crippen LogP contribution is 2.28. The Labute approximate surface area is 152 Å². The summed E-state index contributed by atoms with van der Waals surface area (Å²) >= 11 is 3.37. The molecule has 1 aliphatic heterocycles. The molecule has 130 valence electrons. The molecular formula is C18H16BrFN2O3. The molecule has 1 aliphatic rings. The van der Waals surface area contributed by atoms with E-state index in [1.54, 1.807) is 11.0 Å². The summed E-state index contributed by atoms with van der Waals surface area (Å²) in [6.45, 7) is 0.291. The lowest BCUT2D eigenvalue weighted by molar-refractivity contribution is -0.122. The van der Waals surface area contributed by atoms with Gasteiger partial charge < -0.3 is 15.0 Å². The molecule has 0 aromatic heterocycles. The summed E-state index contributed by atoms with van der Waals surface area (Å²) in [5.41, 5.74) is 1.07. The molecule has 7 heteroatoms. The molecule has 0 saturated carbocycles. The molecule has 1 heterocycles. The molecule has 1 atom stereocenters. The zero-order chi connectivity index (χ0) is 18.0. The summed E-state index contributed by atoms with van der Waals surface area (Å²) in [5.74, 6) is -1.36. The van der Waals surface area contributed by atoms with Crippen molar-refractivity contribution in [1.29, 1.82) is 0 Å². The van der Waals surface area contributed by atoms with Gasteiger partial charge in [-0.2, -0.15) is 0 Å². The first-order chi connectivity index (χ1) is 12.0. The Balaban J connectivity index is 1.69. The number of ether oxygens (including phenoxy) is 1. The fraction of sp³-hybridized carbons (Fsp3) is 0.222. The number of anilines is 2. The van der Waals surface area contributed by atoms with E-state index >= 15 is 0 Å². The van der Waals surface area contributed by atoms with Crippen molar-refractivity contribution in [3.63, 3.8) is 0 Å². The zero-order valence-corrected chi connectivity index (χ0v) is 15.0. The smallest absolute Gasteiger partial charge is 0.229 e. The number of rotatable bonds is 4. The first-order valence-corrected chi connectivity index (χ1v) is 8.47. The van der Waals surface area contributed by atoms with Gasteiger partial charge in [-0.05, 0) is 30.3 Å². The van der Waals surface area contributed by atoms with Crippen LogP contribution in [-0.4, -0.2) is 25.5 Å². The first-order valence-electron chi connectivity index (χ1n) is 7.68. The van der Waals surface area contributed by atoms with E-state index in [0.29, 0.717) is 12.2 Å². The predicted octanol–water partition coefficient (Wildman–Crippen LogP) is 3.59. The summed E-state index contributed by atoms with van der Waals surface area (Å²) in [5, 5.41) is 2.66. The van der Waals surface area contributed by atoms with E-state index in [9.17, 15) is 14.0 Å². The van der Waals surface area contributed by atoms with E-state index in [4.69, 9.17) is 4.74 Å². The molecule has 2 aromatic carbocycles. The number of nitrogens with one attached hydrogen (secondary N) is 1. The average Bonchev–Trinajstić information content (AvgIpc) is 2.97. The molecular weight excluding hydrogens is 391 g/mol. The topological polar surface area (TPSA) is 58.6 Å². The predicted molar refractivity (Wildman–Crippen MR) is 96.2 cm³/mol. The van der Waals surface area contributed by atoms with Crippen LogP contribution in [0.1, 0.15) is 6.42 Å². The zero-order valence-electron chi connectivity index (χ0n) is 13.5. The van der Waals surface area contributed by atoms with Crippen LogP contribution in [-0.2, 0) is 9.59 Å². The van der Waals surface area contributed by atoms with Crippen molar-refractivity contribution in [2.45, 2.75) is 6.42 Å². The van der Waals surface area contributed by atoms with Crippen LogP contribution in [0.2, 0.25) is 0 Å². The number of nitrogens with zero attached hydrogens (tertiary/aromatic N) is 1. The second-order valence-electron chi connectivity index (χ2n) is 5.72. The highest BCUT2D eigenvalue weighted by atomic mass is 79.9. The molecule has 1 saturated heterocycles.